The molecule has 2 unspecified atom stereocenters. The Morgan fingerprint density at radius 2 is 2.44 bits per heavy atom. The van der Waals surface area contributed by atoms with Gasteiger partial charge in [0.1, 0.15) is 5.82 Å². The highest BCUT2D eigenvalue weighted by Gasteiger charge is 2.40. The van der Waals surface area contributed by atoms with Crippen molar-refractivity contribution in [3.8, 4) is 0 Å². The van der Waals surface area contributed by atoms with E-state index in [1.165, 1.54) is 0 Å². The van der Waals surface area contributed by atoms with Crippen LogP contribution < -0.4 is 15.5 Å². The van der Waals surface area contributed by atoms with Crippen LogP contribution in [0.3, 0.4) is 0 Å². The third kappa shape index (κ3) is 1.79. The summed E-state index contributed by atoms with van der Waals surface area (Å²) in [7, 11) is 1.87. The number of carbonyl (C=O) groups is 1. The van der Waals surface area contributed by atoms with Crippen molar-refractivity contribution in [1.82, 2.24) is 10.3 Å². The van der Waals surface area contributed by atoms with E-state index in [0.29, 0.717) is 6.04 Å². The summed E-state index contributed by atoms with van der Waals surface area (Å²) in [5.74, 6) is 1.24. The molecule has 0 radical (unpaired) electrons. The number of nitrogens with one attached hydrogen (secondary N) is 2. The number of hydrogen-bond donors (Lipinski definition) is 2. The first kappa shape index (κ1) is 11.3. The van der Waals surface area contributed by atoms with Crippen molar-refractivity contribution in [3.63, 3.8) is 0 Å². The molecule has 2 aliphatic rings. The number of piperidine rings is 1. The third-order valence-electron chi connectivity index (χ3n) is 3.93. The van der Waals surface area contributed by atoms with E-state index < -0.39 is 0 Å². The van der Waals surface area contributed by atoms with E-state index in [4.69, 9.17) is 0 Å². The maximum Gasteiger partial charge on any atom is 0.225 e. The van der Waals surface area contributed by atoms with Gasteiger partial charge in [0.15, 0.2) is 0 Å². The Hall–Kier alpha value is -1.78. The van der Waals surface area contributed by atoms with Gasteiger partial charge in [0, 0.05) is 38.1 Å². The van der Waals surface area contributed by atoms with Gasteiger partial charge in [0.25, 0.3) is 0 Å². The molecule has 96 valence electrons. The van der Waals surface area contributed by atoms with Crippen molar-refractivity contribution in [2.24, 2.45) is 5.92 Å². The monoisotopic (exact) mass is 246 g/mol. The van der Waals surface area contributed by atoms with Gasteiger partial charge in [-0.1, -0.05) is 0 Å². The molecule has 2 fully saturated rings. The third-order valence-corrected chi connectivity index (χ3v) is 3.93. The molecule has 0 saturated carbocycles. The van der Waals surface area contributed by atoms with Crippen molar-refractivity contribution in [1.29, 1.82) is 0 Å². The van der Waals surface area contributed by atoms with Crippen LogP contribution >= 0.6 is 0 Å². The Bertz CT molecular complexity index is 462. The lowest BCUT2D eigenvalue weighted by molar-refractivity contribution is -0.122. The molecule has 1 aromatic rings. The summed E-state index contributed by atoms with van der Waals surface area (Å²) in [5.41, 5.74) is 1.15. The lowest BCUT2D eigenvalue weighted by Gasteiger charge is -2.37. The molecular formula is C13H18N4O. The summed E-state index contributed by atoms with van der Waals surface area (Å²) in [6.45, 7) is 1.78. The fourth-order valence-corrected chi connectivity index (χ4v) is 3.01. The molecule has 5 heteroatoms. The molecule has 2 aliphatic heterocycles. The van der Waals surface area contributed by atoms with Gasteiger partial charge in [-0.25, -0.2) is 4.98 Å². The quantitative estimate of drug-likeness (QED) is 0.812. The van der Waals surface area contributed by atoms with Crippen molar-refractivity contribution >= 4 is 17.4 Å². The Morgan fingerprint density at radius 3 is 3.28 bits per heavy atom. The van der Waals surface area contributed by atoms with Gasteiger partial charge in [0.2, 0.25) is 5.91 Å². The minimum atomic E-state index is 0.157. The number of hydrogen-bond acceptors (Lipinski definition) is 4. The molecule has 5 nitrogen and oxygen atoms in total. The van der Waals surface area contributed by atoms with Gasteiger partial charge in [-0.2, -0.15) is 0 Å². The topological polar surface area (TPSA) is 57.3 Å². The number of anilines is 2. The maximum atomic E-state index is 11.7. The molecule has 1 amide bonds. The van der Waals surface area contributed by atoms with Gasteiger partial charge >= 0.3 is 0 Å². The molecule has 3 heterocycles. The number of pyridine rings is 1. The van der Waals surface area contributed by atoms with Gasteiger partial charge in [-0.05, 0) is 18.9 Å². The Kier molecular flexibility index (Phi) is 2.81. The van der Waals surface area contributed by atoms with E-state index in [9.17, 15) is 4.79 Å². The Labute approximate surface area is 107 Å². The lowest BCUT2D eigenvalue weighted by atomic mass is 9.91. The molecule has 1 aromatic heterocycles. The van der Waals surface area contributed by atoms with Crippen LogP contribution in [0, 0.1) is 5.92 Å². The van der Waals surface area contributed by atoms with E-state index in [0.717, 1.165) is 37.4 Å². The standard InChI is InChI=1S/C13H18N4O/c1-14-12-7-9(4-5-15-12)17-6-2-3-10-11(17)8-16-13(10)18/h4-5,7,10-11H,2-3,6,8H2,1H3,(H,14,15)(H,16,18). The molecule has 0 aliphatic carbocycles. The Morgan fingerprint density at radius 1 is 1.56 bits per heavy atom. The zero-order chi connectivity index (χ0) is 12.5. The van der Waals surface area contributed by atoms with Gasteiger partial charge in [0.05, 0.1) is 12.0 Å². The van der Waals surface area contributed by atoms with Crippen molar-refractivity contribution in [3.05, 3.63) is 18.3 Å². The zero-order valence-electron chi connectivity index (χ0n) is 10.5. The van der Waals surface area contributed by atoms with Crippen LogP contribution in [0.4, 0.5) is 11.5 Å². The summed E-state index contributed by atoms with van der Waals surface area (Å²) in [5, 5.41) is 6.03. The van der Waals surface area contributed by atoms with Crippen molar-refractivity contribution in [2.45, 2.75) is 18.9 Å². The molecule has 3 rings (SSSR count). The summed E-state index contributed by atoms with van der Waals surface area (Å²) in [6, 6.07) is 4.37. The summed E-state index contributed by atoms with van der Waals surface area (Å²) >= 11 is 0. The molecule has 0 spiro atoms. The SMILES string of the molecule is CNc1cc(N2CCCC3C(=O)NCC32)ccn1. The molecule has 18 heavy (non-hydrogen) atoms. The highest BCUT2D eigenvalue weighted by Crippen LogP contribution is 2.31. The zero-order valence-corrected chi connectivity index (χ0v) is 10.5. The van der Waals surface area contributed by atoms with Crippen LogP contribution in [0.25, 0.3) is 0 Å². The molecule has 2 atom stereocenters. The van der Waals surface area contributed by atoms with E-state index in [1.54, 1.807) is 0 Å². The second kappa shape index (κ2) is 4.48. The fourth-order valence-electron chi connectivity index (χ4n) is 3.01. The van der Waals surface area contributed by atoms with Crippen LogP contribution in [-0.4, -0.2) is 37.1 Å². The van der Waals surface area contributed by atoms with Crippen LogP contribution in [0.1, 0.15) is 12.8 Å². The number of amides is 1. The fraction of sp³-hybridized carbons (Fsp3) is 0.538. The number of rotatable bonds is 2. The molecule has 2 saturated heterocycles. The van der Waals surface area contributed by atoms with Crippen LogP contribution in [0.2, 0.25) is 0 Å². The first-order valence-corrected chi connectivity index (χ1v) is 6.48. The van der Waals surface area contributed by atoms with Gasteiger partial charge in [-0.15, -0.1) is 0 Å². The summed E-state index contributed by atoms with van der Waals surface area (Å²) < 4.78 is 0. The molecule has 0 bridgehead atoms. The second-order valence-electron chi connectivity index (χ2n) is 4.90. The van der Waals surface area contributed by atoms with Crippen molar-refractivity contribution < 1.29 is 4.79 Å². The van der Waals surface area contributed by atoms with Crippen molar-refractivity contribution in [2.75, 3.05) is 30.4 Å². The minimum absolute atomic E-state index is 0.157. The predicted molar refractivity (Wildman–Crippen MR) is 70.7 cm³/mol. The number of aromatic nitrogens is 1. The molecular weight excluding hydrogens is 228 g/mol. The van der Waals surface area contributed by atoms with Gasteiger partial charge in [-0.3, -0.25) is 4.79 Å². The van der Waals surface area contributed by atoms with E-state index >= 15 is 0 Å². The summed E-state index contributed by atoms with van der Waals surface area (Å²) in [6.07, 6.45) is 3.90. The number of fused-ring (bicyclic) bond motifs is 1. The highest BCUT2D eigenvalue weighted by atomic mass is 16.2. The maximum absolute atomic E-state index is 11.7. The first-order valence-electron chi connectivity index (χ1n) is 6.48. The molecule has 0 aromatic carbocycles. The lowest BCUT2D eigenvalue weighted by Crippen LogP contribution is -2.45. The number of nitrogens with zero attached hydrogens (tertiary/aromatic N) is 2. The van der Waals surface area contributed by atoms with E-state index in [2.05, 4.69) is 20.5 Å². The average molecular weight is 246 g/mol. The van der Waals surface area contributed by atoms with E-state index in [1.807, 2.05) is 25.4 Å². The van der Waals surface area contributed by atoms with Gasteiger partial charge < -0.3 is 15.5 Å². The normalized spacial score (nSPS) is 26.7. The van der Waals surface area contributed by atoms with Crippen LogP contribution in [0.5, 0.6) is 0 Å². The predicted octanol–water partition coefficient (Wildman–Crippen LogP) is 0.838. The Balaban J connectivity index is 1.88. The minimum Gasteiger partial charge on any atom is -0.373 e. The highest BCUT2D eigenvalue weighted by molar-refractivity contribution is 5.83. The first-order chi connectivity index (χ1) is 8.79. The largest absolute Gasteiger partial charge is 0.373 e. The van der Waals surface area contributed by atoms with Crippen LogP contribution in [-0.2, 0) is 4.79 Å². The average Bonchev–Trinajstić information content (AvgIpc) is 2.81. The smallest absolute Gasteiger partial charge is 0.225 e. The van der Waals surface area contributed by atoms with E-state index in [-0.39, 0.29) is 11.8 Å². The second-order valence-corrected chi connectivity index (χ2v) is 4.90. The van der Waals surface area contributed by atoms with Crippen LogP contribution in [0.15, 0.2) is 18.3 Å². The molecule has 2 N–H and O–H groups in total. The number of carbonyl (C=O) groups excluding carboxylic acids is 1. The summed E-state index contributed by atoms with van der Waals surface area (Å²) in [4.78, 5) is 18.3.